The van der Waals surface area contributed by atoms with E-state index in [2.05, 4.69) is 29.1 Å². The van der Waals surface area contributed by atoms with Gasteiger partial charge >= 0.3 is 0 Å². The number of carbonyl (C=O) groups excluding carboxylic acids is 1. The van der Waals surface area contributed by atoms with Gasteiger partial charge in [0.25, 0.3) is 5.91 Å². The van der Waals surface area contributed by atoms with Crippen LogP contribution in [0.1, 0.15) is 30.6 Å². The van der Waals surface area contributed by atoms with Gasteiger partial charge in [-0.1, -0.05) is 13.8 Å². The van der Waals surface area contributed by atoms with Gasteiger partial charge in [-0.3, -0.25) is 14.8 Å². The molecule has 1 heterocycles. The first kappa shape index (κ1) is 14.7. The Morgan fingerprint density at radius 3 is 2.65 bits per heavy atom. The van der Waals surface area contributed by atoms with E-state index in [9.17, 15) is 4.79 Å². The number of carbonyl (C=O) groups is 1. The van der Waals surface area contributed by atoms with Crippen LogP contribution in [0, 0.1) is 5.92 Å². The lowest BCUT2D eigenvalue weighted by molar-refractivity contribution is 0.0953. The van der Waals surface area contributed by atoms with Crippen LogP contribution in [0.25, 0.3) is 11.0 Å². The van der Waals surface area contributed by atoms with E-state index in [0.717, 1.165) is 11.9 Å². The van der Waals surface area contributed by atoms with Crippen LogP contribution >= 0.6 is 11.6 Å². The van der Waals surface area contributed by atoms with E-state index < -0.39 is 0 Å². The zero-order chi connectivity index (χ0) is 14.5. The molecule has 0 saturated carbocycles. The van der Waals surface area contributed by atoms with Crippen molar-refractivity contribution < 1.29 is 4.79 Å². The molecular formula is C15H18ClN3O. The monoisotopic (exact) mass is 291 g/mol. The number of hydrogen-bond donors (Lipinski definition) is 1. The minimum atomic E-state index is -0.132. The number of nitrogens with zero attached hydrogens (tertiary/aromatic N) is 2. The Hall–Kier alpha value is -1.68. The van der Waals surface area contributed by atoms with E-state index in [4.69, 9.17) is 11.6 Å². The first-order chi connectivity index (χ1) is 9.56. The zero-order valence-corrected chi connectivity index (χ0v) is 12.4. The summed E-state index contributed by atoms with van der Waals surface area (Å²) in [6.45, 7) is 4.69. The summed E-state index contributed by atoms with van der Waals surface area (Å²) >= 11 is 6.17. The highest BCUT2D eigenvalue weighted by Gasteiger charge is 2.11. The fraction of sp³-hybridized carbons (Fsp3) is 0.400. The van der Waals surface area contributed by atoms with Crippen LogP contribution in [-0.4, -0.2) is 27.8 Å². The number of halogens is 1. The lowest BCUT2D eigenvalue weighted by Gasteiger charge is -2.13. The van der Waals surface area contributed by atoms with Crippen molar-refractivity contribution in [3.63, 3.8) is 0 Å². The summed E-state index contributed by atoms with van der Waals surface area (Å²) in [5, 5.41) is 2.81. The number of rotatable bonds is 5. The van der Waals surface area contributed by atoms with Crippen LogP contribution in [0.3, 0.4) is 0 Å². The van der Waals surface area contributed by atoms with Crippen molar-refractivity contribution in [3.8, 4) is 0 Å². The Kier molecular flexibility index (Phi) is 4.90. The lowest BCUT2D eigenvalue weighted by atomic mass is 10.1. The van der Waals surface area contributed by atoms with Gasteiger partial charge in [-0.15, -0.1) is 11.6 Å². The molecule has 1 unspecified atom stereocenters. The molecule has 0 saturated heterocycles. The summed E-state index contributed by atoms with van der Waals surface area (Å²) in [5.74, 6) is 0.386. The summed E-state index contributed by atoms with van der Waals surface area (Å²) < 4.78 is 0. The van der Waals surface area contributed by atoms with Crippen LogP contribution in [0.5, 0.6) is 0 Å². The second kappa shape index (κ2) is 6.66. The molecule has 1 aromatic carbocycles. The summed E-state index contributed by atoms with van der Waals surface area (Å²) in [7, 11) is 0. The first-order valence-corrected chi connectivity index (χ1v) is 7.13. The third-order valence-corrected chi connectivity index (χ3v) is 3.28. The van der Waals surface area contributed by atoms with Crippen molar-refractivity contribution >= 4 is 28.5 Å². The molecule has 0 spiro atoms. The Labute approximate surface area is 123 Å². The van der Waals surface area contributed by atoms with Crippen LogP contribution in [-0.2, 0) is 0 Å². The molecule has 20 heavy (non-hydrogen) atoms. The molecule has 0 radical (unpaired) electrons. The molecule has 0 aliphatic carbocycles. The Morgan fingerprint density at radius 1 is 1.25 bits per heavy atom. The van der Waals surface area contributed by atoms with Gasteiger partial charge in [0.1, 0.15) is 0 Å². The fourth-order valence-corrected chi connectivity index (χ4v) is 2.44. The maximum atomic E-state index is 12.1. The van der Waals surface area contributed by atoms with Crippen molar-refractivity contribution in [3.05, 3.63) is 36.2 Å². The summed E-state index contributed by atoms with van der Waals surface area (Å²) in [5.41, 5.74) is 2.07. The molecule has 106 valence electrons. The molecular weight excluding hydrogens is 274 g/mol. The number of benzene rings is 1. The van der Waals surface area contributed by atoms with Gasteiger partial charge in [-0.25, -0.2) is 0 Å². The number of hydrogen-bond acceptors (Lipinski definition) is 3. The Balaban J connectivity index is 2.00. The minimum Gasteiger partial charge on any atom is -0.351 e. The molecule has 0 bridgehead atoms. The maximum Gasteiger partial charge on any atom is 0.251 e. The SMILES string of the molecule is CC(C)CC(Cl)CNC(=O)c1ccc2nccnc2c1. The van der Waals surface area contributed by atoms with Gasteiger partial charge in [-0.2, -0.15) is 0 Å². The van der Waals surface area contributed by atoms with Crippen LogP contribution in [0.15, 0.2) is 30.6 Å². The van der Waals surface area contributed by atoms with Crippen LogP contribution in [0.4, 0.5) is 0 Å². The van der Waals surface area contributed by atoms with Crippen LogP contribution in [0.2, 0.25) is 0 Å². The van der Waals surface area contributed by atoms with E-state index in [-0.39, 0.29) is 11.3 Å². The number of nitrogens with one attached hydrogen (secondary N) is 1. The molecule has 2 aromatic rings. The minimum absolute atomic E-state index is 0.0424. The maximum absolute atomic E-state index is 12.1. The highest BCUT2D eigenvalue weighted by Crippen LogP contribution is 2.12. The normalized spacial score (nSPS) is 12.6. The highest BCUT2D eigenvalue weighted by atomic mass is 35.5. The zero-order valence-electron chi connectivity index (χ0n) is 11.6. The largest absolute Gasteiger partial charge is 0.351 e. The van der Waals surface area contributed by atoms with Gasteiger partial charge in [0.05, 0.1) is 16.4 Å². The smallest absolute Gasteiger partial charge is 0.251 e. The fourth-order valence-electron chi connectivity index (χ4n) is 2.00. The van der Waals surface area contributed by atoms with Gasteiger partial charge in [0.2, 0.25) is 0 Å². The summed E-state index contributed by atoms with van der Waals surface area (Å²) in [6, 6.07) is 5.28. The molecule has 0 aliphatic heterocycles. The summed E-state index contributed by atoms with van der Waals surface area (Å²) in [4.78, 5) is 20.4. The predicted molar refractivity (Wildman–Crippen MR) is 81.0 cm³/mol. The van der Waals surface area contributed by atoms with E-state index in [0.29, 0.717) is 23.5 Å². The molecule has 5 heteroatoms. The topological polar surface area (TPSA) is 54.9 Å². The third kappa shape index (κ3) is 3.90. The average Bonchev–Trinajstić information content (AvgIpc) is 2.43. The van der Waals surface area contributed by atoms with Crippen molar-refractivity contribution in [1.82, 2.24) is 15.3 Å². The Morgan fingerprint density at radius 2 is 1.95 bits per heavy atom. The van der Waals surface area contributed by atoms with E-state index in [1.165, 1.54) is 0 Å². The highest BCUT2D eigenvalue weighted by molar-refractivity contribution is 6.21. The van der Waals surface area contributed by atoms with E-state index in [1.807, 2.05) is 0 Å². The molecule has 1 aromatic heterocycles. The van der Waals surface area contributed by atoms with Gasteiger partial charge in [0.15, 0.2) is 0 Å². The van der Waals surface area contributed by atoms with Crippen molar-refractivity contribution in [2.75, 3.05) is 6.54 Å². The van der Waals surface area contributed by atoms with Gasteiger partial charge in [0, 0.05) is 24.5 Å². The van der Waals surface area contributed by atoms with Crippen molar-refractivity contribution in [1.29, 1.82) is 0 Å². The average molecular weight is 292 g/mol. The molecule has 0 aliphatic rings. The standard InChI is InChI=1S/C15H18ClN3O/c1-10(2)7-12(16)9-19-15(20)11-3-4-13-14(8-11)18-6-5-17-13/h3-6,8,10,12H,7,9H2,1-2H3,(H,19,20). The van der Waals surface area contributed by atoms with Crippen molar-refractivity contribution in [2.45, 2.75) is 25.6 Å². The molecule has 0 fully saturated rings. The second-order valence-electron chi connectivity index (χ2n) is 5.20. The van der Waals surface area contributed by atoms with Crippen LogP contribution < -0.4 is 5.32 Å². The van der Waals surface area contributed by atoms with E-state index >= 15 is 0 Å². The first-order valence-electron chi connectivity index (χ1n) is 6.69. The quantitative estimate of drug-likeness (QED) is 0.862. The number of alkyl halides is 1. The molecule has 1 N–H and O–H groups in total. The number of amides is 1. The summed E-state index contributed by atoms with van der Waals surface area (Å²) in [6.07, 6.45) is 4.12. The third-order valence-electron chi connectivity index (χ3n) is 2.94. The molecule has 1 atom stereocenters. The second-order valence-corrected chi connectivity index (χ2v) is 5.81. The number of fused-ring (bicyclic) bond motifs is 1. The lowest BCUT2D eigenvalue weighted by Crippen LogP contribution is -2.30. The Bertz CT molecular complexity index is 600. The molecule has 1 amide bonds. The predicted octanol–water partition coefficient (Wildman–Crippen LogP) is 3.01. The number of aromatic nitrogens is 2. The van der Waals surface area contributed by atoms with Crippen molar-refractivity contribution in [2.24, 2.45) is 5.92 Å². The molecule has 4 nitrogen and oxygen atoms in total. The van der Waals surface area contributed by atoms with E-state index in [1.54, 1.807) is 30.6 Å². The molecule has 2 rings (SSSR count). The van der Waals surface area contributed by atoms with Gasteiger partial charge in [-0.05, 0) is 30.5 Å². The van der Waals surface area contributed by atoms with Gasteiger partial charge < -0.3 is 5.32 Å².